The van der Waals surface area contributed by atoms with Crippen molar-refractivity contribution in [2.24, 2.45) is 5.92 Å². The van der Waals surface area contributed by atoms with E-state index < -0.39 is 0 Å². The van der Waals surface area contributed by atoms with Crippen molar-refractivity contribution >= 4 is 16.8 Å². The molecule has 120 valence electrons. The van der Waals surface area contributed by atoms with Crippen LogP contribution in [0.1, 0.15) is 35.8 Å². The van der Waals surface area contributed by atoms with Gasteiger partial charge in [-0.15, -0.1) is 0 Å². The van der Waals surface area contributed by atoms with Gasteiger partial charge in [-0.3, -0.25) is 9.48 Å². The first kappa shape index (κ1) is 13.5. The zero-order valence-corrected chi connectivity index (χ0v) is 13.5. The maximum absolute atomic E-state index is 13.1. The number of aryl methyl sites for hydroxylation is 1. The number of rotatable bonds is 2. The van der Waals surface area contributed by atoms with Crippen molar-refractivity contribution in [3.05, 3.63) is 29.5 Å². The molecular formula is C18H22N4O. The van der Waals surface area contributed by atoms with E-state index in [0.29, 0.717) is 18.5 Å². The van der Waals surface area contributed by atoms with Gasteiger partial charge in [0.25, 0.3) is 5.91 Å². The van der Waals surface area contributed by atoms with Crippen LogP contribution in [-0.2, 0) is 13.1 Å². The topological polar surface area (TPSA) is 41.4 Å². The molecule has 5 heterocycles. The molecule has 4 aliphatic heterocycles. The fraction of sp³-hybridized carbons (Fsp3) is 0.556. The average Bonchev–Trinajstić information content (AvgIpc) is 2.98. The first-order valence-corrected chi connectivity index (χ1v) is 8.78. The summed E-state index contributed by atoms with van der Waals surface area (Å²) in [5, 5.41) is 5.87. The molecule has 3 saturated heterocycles. The number of carbonyl (C=O) groups excluding carboxylic acids is 1. The van der Waals surface area contributed by atoms with Gasteiger partial charge in [-0.05, 0) is 50.9 Å². The second-order valence-electron chi connectivity index (χ2n) is 7.10. The van der Waals surface area contributed by atoms with Crippen LogP contribution < -0.4 is 0 Å². The smallest absolute Gasteiger partial charge is 0.255 e. The number of carbonyl (C=O) groups is 1. The fourth-order valence-corrected chi connectivity index (χ4v) is 4.78. The predicted octanol–water partition coefficient (Wildman–Crippen LogP) is 2.11. The van der Waals surface area contributed by atoms with E-state index in [1.807, 2.05) is 16.8 Å². The molecule has 5 nitrogen and oxygen atoms in total. The van der Waals surface area contributed by atoms with Crippen molar-refractivity contribution < 1.29 is 4.79 Å². The highest BCUT2D eigenvalue weighted by molar-refractivity contribution is 6.09. The molecule has 0 radical (unpaired) electrons. The summed E-state index contributed by atoms with van der Waals surface area (Å²) >= 11 is 0. The van der Waals surface area contributed by atoms with E-state index in [4.69, 9.17) is 5.10 Å². The Morgan fingerprint density at radius 1 is 1.26 bits per heavy atom. The average molecular weight is 310 g/mol. The lowest BCUT2D eigenvalue weighted by molar-refractivity contribution is 0.00362. The minimum Gasteiger partial charge on any atom is -0.328 e. The fourth-order valence-electron chi connectivity index (χ4n) is 4.78. The Hall–Kier alpha value is -1.88. The quantitative estimate of drug-likeness (QED) is 0.853. The molecule has 0 saturated carbocycles. The van der Waals surface area contributed by atoms with E-state index in [1.54, 1.807) is 0 Å². The molecule has 1 aromatic carbocycles. The zero-order valence-electron chi connectivity index (χ0n) is 13.5. The predicted molar refractivity (Wildman–Crippen MR) is 88.2 cm³/mol. The van der Waals surface area contributed by atoms with Crippen molar-refractivity contribution in [3.8, 4) is 0 Å². The molecule has 0 aliphatic carbocycles. The Kier molecular flexibility index (Phi) is 2.83. The van der Waals surface area contributed by atoms with E-state index in [-0.39, 0.29) is 5.91 Å². The minimum atomic E-state index is 0.206. The first-order chi connectivity index (χ1) is 11.3. The molecule has 6 rings (SSSR count). The van der Waals surface area contributed by atoms with E-state index in [0.717, 1.165) is 35.2 Å². The normalized spacial score (nSPS) is 29.5. The third-order valence-electron chi connectivity index (χ3n) is 5.98. The first-order valence-electron chi connectivity index (χ1n) is 8.78. The summed E-state index contributed by atoms with van der Waals surface area (Å²) in [6.07, 6.45) is 2.46. The van der Waals surface area contributed by atoms with Gasteiger partial charge in [0, 0.05) is 24.5 Å². The molecule has 0 unspecified atom stereocenters. The van der Waals surface area contributed by atoms with Crippen LogP contribution in [0.2, 0.25) is 0 Å². The third-order valence-corrected chi connectivity index (χ3v) is 5.98. The molecule has 1 aromatic heterocycles. The van der Waals surface area contributed by atoms with Gasteiger partial charge in [0.2, 0.25) is 0 Å². The van der Waals surface area contributed by atoms with Crippen molar-refractivity contribution in [2.75, 3.05) is 19.6 Å². The van der Waals surface area contributed by atoms with Crippen LogP contribution in [0.4, 0.5) is 0 Å². The summed E-state index contributed by atoms with van der Waals surface area (Å²) < 4.78 is 2.03. The minimum absolute atomic E-state index is 0.206. The molecule has 2 aromatic rings. The number of amides is 1. The molecule has 5 heteroatoms. The van der Waals surface area contributed by atoms with Crippen LogP contribution in [0.15, 0.2) is 18.2 Å². The third kappa shape index (κ3) is 1.83. The molecule has 1 amide bonds. The summed E-state index contributed by atoms with van der Waals surface area (Å²) in [4.78, 5) is 17.8. The summed E-state index contributed by atoms with van der Waals surface area (Å²) in [7, 11) is 0. The van der Waals surface area contributed by atoms with Crippen molar-refractivity contribution in [3.63, 3.8) is 0 Å². The van der Waals surface area contributed by atoms with Crippen molar-refractivity contribution in [1.82, 2.24) is 19.6 Å². The van der Waals surface area contributed by atoms with E-state index >= 15 is 0 Å². The molecule has 3 fully saturated rings. The second kappa shape index (κ2) is 4.81. The summed E-state index contributed by atoms with van der Waals surface area (Å²) in [5.74, 6) is 0.871. The van der Waals surface area contributed by atoms with Crippen LogP contribution in [0.5, 0.6) is 0 Å². The number of hydrogen-bond donors (Lipinski definition) is 0. The van der Waals surface area contributed by atoms with Gasteiger partial charge in [-0.25, -0.2) is 0 Å². The lowest BCUT2D eigenvalue weighted by atomic mass is 9.82. The molecule has 2 bridgehead atoms. The van der Waals surface area contributed by atoms with Gasteiger partial charge in [-0.2, -0.15) is 5.10 Å². The van der Waals surface area contributed by atoms with Crippen LogP contribution in [0, 0.1) is 5.92 Å². The van der Waals surface area contributed by atoms with Crippen LogP contribution in [-0.4, -0.2) is 51.2 Å². The SMILES string of the molecule is CCn1nc2c3c(cccc31)C(=O)N([C@H]1CN3CCC1CC3)C2. The number of nitrogens with zero attached hydrogens (tertiary/aromatic N) is 4. The Labute approximate surface area is 135 Å². The van der Waals surface area contributed by atoms with Gasteiger partial charge in [0.05, 0.1) is 23.3 Å². The number of hydrogen-bond acceptors (Lipinski definition) is 3. The molecule has 4 aliphatic rings. The molecular weight excluding hydrogens is 288 g/mol. The van der Waals surface area contributed by atoms with Gasteiger partial charge in [-0.1, -0.05) is 6.07 Å². The highest BCUT2D eigenvalue weighted by Crippen LogP contribution is 2.36. The van der Waals surface area contributed by atoms with Gasteiger partial charge in [0.1, 0.15) is 0 Å². The Balaban J connectivity index is 1.59. The lowest BCUT2D eigenvalue weighted by Crippen LogP contribution is -2.59. The van der Waals surface area contributed by atoms with E-state index in [1.165, 1.54) is 25.9 Å². The molecule has 23 heavy (non-hydrogen) atoms. The number of benzene rings is 1. The van der Waals surface area contributed by atoms with Crippen molar-refractivity contribution in [2.45, 2.75) is 38.9 Å². The largest absolute Gasteiger partial charge is 0.328 e. The Bertz CT molecular complexity index is 788. The maximum atomic E-state index is 13.1. The standard InChI is InChI=1S/C18H22N4O/c1-2-22-15-5-3-4-13-17(15)14(19-22)10-21(18(13)23)16-11-20-8-6-12(16)7-9-20/h3-5,12,16H,2,6-11H2,1H3/t16-/m0/s1. The summed E-state index contributed by atoms with van der Waals surface area (Å²) in [6.45, 7) is 7.06. The number of piperidine rings is 3. The van der Waals surface area contributed by atoms with Crippen LogP contribution in [0.3, 0.4) is 0 Å². The van der Waals surface area contributed by atoms with Gasteiger partial charge < -0.3 is 9.80 Å². The maximum Gasteiger partial charge on any atom is 0.255 e. The second-order valence-corrected chi connectivity index (χ2v) is 7.10. The lowest BCUT2D eigenvalue weighted by Gasteiger charge is -2.49. The number of fused-ring (bicyclic) bond motifs is 3. The van der Waals surface area contributed by atoms with Gasteiger partial charge >= 0.3 is 0 Å². The number of aromatic nitrogens is 2. The van der Waals surface area contributed by atoms with Gasteiger partial charge in [0.15, 0.2) is 0 Å². The Morgan fingerprint density at radius 2 is 2.09 bits per heavy atom. The Morgan fingerprint density at radius 3 is 2.78 bits per heavy atom. The molecule has 1 atom stereocenters. The van der Waals surface area contributed by atoms with E-state index in [9.17, 15) is 4.79 Å². The van der Waals surface area contributed by atoms with E-state index in [2.05, 4.69) is 22.8 Å². The molecule has 0 spiro atoms. The highest BCUT2D eigenvalue weighted by Gasteiger charge is 2.42. The summed E-state index contributed by atoms with van der Waals surface area (Å²) in [6, 6.07) is 6.41. The van der Waals surface area contributed by atoms with Crippen LogP contribution >= 0.6 is 0 Å². The molecule has 0 N–H and O–H groups in total. The monoisotopic (exact) mass is 310 g/mol. The zero-order chi connectivity index (χ0) is 15.6. The summed E-state index contributed by atoms with van der Waals surface area (Å²) in [5.41, 5.74) is 3.02. The van der Waals surface area contributed by atoms with Crippen LogP contribution in [0.25, 0.3) is 10.9 Å². The highest BCUT2D eigenvalue weighted by atomic mass is 16.2. The van der Waals surface area contributed by atoms with Crippen molar-refractivity contribution in [1.29, 1.82) is 0 Å².